The normalized spacial score (nSPS) is 13.5. The molecule has 0 bridgehead atoms. The Bertz CT molecular complexity index is 606. The maximum atomic E-state index is 14.1. The molecular weight excluding hydrogens is 276 g/mol. The number of halogens is 4. The van der Waals surface area contributed by atoms with Crippen LogP contribution in [-0.2, 0) is 13.2 Å². The second-order valence-electron chi connectivity index (χ2n) is 4.19. The van der Waals surface area contributed by atoms with Crippen LogP contribution in [0.4, 0.5) is 17.6 Å². The monoisotopic (exact) mass is 288 g/mol. The van der Waals surface area contributed by atoms with Gasteiger partial charge < -0.3 is 0 Å². The van der Waals surface area contributed by atoms with Crippen LogP contribution in [-0.4, -0.2) is 9.78 Å². The first-order chi connectivity index (χ1) is 9.36. The Hall–Kier alpha value is -1.93. The number of hydrazine groups is 1. The molecule has 1 aromatic heterocycles. The van der Waals surface area contributed by atoms with Crippen LogP contribution in [0, 0.1) is 5.82 Å². The SMILES string of the molecule is Cn1nccc1C(NN)c1cccc(C(F)(F)F)c1F. The molecule has 2 aromatic rings. The van der Waals surface area contributed by atoms with Crippen molar-refractivity contribution >= 4 is 0 Å². The van der Waals surface area contributed by atoms with Gasteiger partial charge in [0.15, 0.2) is 0 Å². The van der Waals surface area contributed by atoms with E-state index in [1.807, 2.05) is 0 Å². The predicted molar refractivity (Wildman–Crippen MR) is 63.8 cm³/mol. The summed E-state index contributed by atoms with van der Waals surface area (Å²) in [6.07, 6.45) is -3.31. The van der Waals surface area contributed by atoms with Crippen LogP contribution in [0.2, 0.25) is 0 Å². The number of hydrogen-bond acceptors (Lipinski definition) is 3. The number of rotatable bonds is 3. The Morgan fingerprint density at radius 1 is 1.30 bits per heavy atom. The van der Waals surface area contributed by atoms with Gasteiger partial charge in [-0.2, -0.15) is 18.3 Å². The first kappa shape index (κ1) is 14.5. The van der Waals surface area contributed by atoms with Gasteiger partial charge in [-0.3, -0.25) is 10.5 Å². The minimum atomic E-state index is -4.76. The van der Waals surface area contributed by atoms with Crippen LogP contribution in [0.1, 0.15) is 22.9 Å². The molecule has 1 atom stereocenters. The lowest BCUT2D eigenvalue weighted by Crippen LogP contribution is -2.31. The van der Waals surface area contributed by atoms with Crippen LogP contribution in [0.5, 0.6) is 0 Å². The van der Waals surface area contributed by atoms with Crippen molar-refractivity contribution in [3.8, 4) is 0 Å². The fraction of sp³-hybridized carbons (Fsp3) is 0.250. The topological polar surface area (TPSA) is 55.9 Å². The maximum absolute atomic E-state index is 14.1. The molecule has 0 radical (unpaired) electrons. The number of nitrogens with one attached hydrogen (secondary N) is 1. The number of aromatic nitrogens is 2. The van der Waals surface area contributed by atoms with Crippen molar-refractivity contribution in [3.05, 3.63) is 53.1 Å². The highest BCUT2D eigenvalue weighted by atomic mass is 19.4. The van der Waals surface area contributed by atoms with E-state index in [-0.39, 0.29) is 5.56 Å². The number of aryl methyl sites for hydroxylation is 1. The zero-order valence-electron chi connectivity index (χ0n) is 10.4. The van der Waals surface area contributed by atoms with Crippen molar-refractivity contribution < 1.29 is 17.6 Å². The second-order valence-corrected chi connectivity index (χ2v) is 4.19. The van der Waals surface area contributed by atoms with Crippen molar-refractivity contribution in [2.75, 3.05) is 0 Å². The summed E-state index contributed by atoms with van der Waals surface area (Å²) in [5.41, 5.74) is 1.25. The van der Waals surface area contributed by atoms with Gasteiger partial charge >= 0.3 is 6.18 Å². The molecule has 4 nitrogen and oxygen atoms in total. The highest BCUT2D eigenvalue weighted by Gasteiger charge is 2.36. The first-order valence-electron chi connectivity index (χ1n) is 5.66. The van der Waals surface area contributed by atoms with Gasteiger partial charge in [0.1, 0.15) is 5.82 Å². The molecule has 0 aliphatic heterocycles. The lowest BCUT2D eigenvalue weighted by Gasteiger charge is -2.19. The zero-order valence-corrected chi connectivity index (χ0v) is 10.4. The molecular formula is C12H12F4N4. The number of alkyl halides is 3. The van der Waals surface area contributed by atoms with E-state index in [1.165, 1.54) is 16.9 Å². The number of nitrogens with two attached hydrogens (primary N) is 1. The summed E-state index contributed by atoms with van der Waals surface area (Å²) in [6.45, 7) is 0. The van der Waals surface area contributed by atoms with Crippen LogP contribution < -0.4 is 11.3 Å². The number of benzene rings is 1. The van der Waals surface area contributed by atoms with Gasteiger partial charge in [-0.15, -0.1) is 0 Å². The van der Waals surface area contributed by atoms with E-state index in [9.17, 15) is 17.6 Å². The molecule has 3 N–H and O–H groups in total. The zero-order chi connectivity index (χ0) is 14.9. The first-order valence-corrected chi connectivity index (χ1v) is 5.66. The number of hydrogen-bond donors (Lipinski definition) is 2. The van der Waals surface area contributed by atoms with Gasteiger partial charge in [0.05, 0.1) is 17.3 Å². The Labute approximate surface area is 112 Å². The molecule has 0 spiro atoms. The summed E-state index contributed by atoms with van der Waals surface area (Å²) in [4.78, 5) is 0. The Balaban J connectivity index is 2.54. The second kappa shape index (κ2) is 5.22. The van der Waals surface area contributed by atoms with Crippen LogP contribution in [0.3, 0.4) is 0 Å². The minimum Gasteiger partial charge on any atom is -0.271 e. The van der Waals surface area contributed by atoms with E-state index in [2.05, 4.69) is 10.5 Å². The summed E-state index contributed by atoms with van der Waals surface area (Å²) in [5, 5.41) is 3.89. The fourth-order valence-corrected chi connectivity index (χ4v) is 1.99. The van der Waals surface area contributed by atoms with Crippen LogP contribution in [0.15, 0.2) is 30.5 Å². The van der Waals surface area contributed by atoms with Gasteiger partial charge in [0.25, 0.3) is 0 Å². The maximum Gasteiger partial charge on any atom is 0.419 e. The number of nitrogens with zero attached hydrogens (tertiary/aromatic N) is 2. The molecule has 108 valence electrons. The lowest BCUT2D eigenvalue weighted by molar-refractivity contribution is -0.140. The third-order valence-electron chi connectivity index (χ3n) is 2.97. The van der Waals surface area contributed by atoms with E-state index < -0.39 is 23.6 Å². The summed E-state index contributed by atoms with van der Waals surface area (Å²) < 4.78 is 53.6. The van der Waals surface area contributed by atoms with E-state index >= 15 is 0 Å². The molecule has 0 saturated carbocycles. The molecule has 1 unspecified atom stereocenters. The van der Waals surface area contributed by atoms with Crippen molar-refractivity contribution in [1.29, 1.82) is 0 Å². The van der Waals surface area contributed by atoms with Crippen LogP contribution >= 0.6 is 0 Å². The van der Waals surface area contributed by atoms with Crippen molar-refractivity contribution in [1.82, 2.24) is 15.2 Å². The van der Waals surface area contributed by atoms with Gasteiger partial charge in [-0.25, -0.2) is 9.82 Å². The van der Waals surface area contributed by atoms with Crippen molar-refractivity contribution in [3.63, 3.8) is 0 Å². The molecule has 1 heterocycles. The molecule has 1 aromatic carbocycles. The fourth-order valence-electron chi connectivity index (χ4n) is 1.99. The molecule has 20 heavy (non-hydrogen) atoms. The molecule has 0 amide bonds. The summed E-state index contributed by atoms with van der Waals surface area (Å²) >= 11 is 0. The van der Waals surface area contributed by atoms with Gasteiger partial charge in [0.2, 0.25) is 0 Å². The van der Waals surface area contributed by atoms with E-state index in [0.29, 0.717) is 11.8 Å². The van der Waals surface area contributed by atoms with E-state index in [1.54, 1.807) is 13.1 Å². The van der Waals surface area contributed by atoms with E-state index in [4.69, 9.17) is 5.84 Å². The van der Waals surface area contributed by atoms with Gasteiger partial charge in [-0.1, -0.05) is 12.1 Å². The average Bonchev–Trinajstić information content (AvgIpc) is 2.77. The smallest absolute Gasteiger partial charge is 0.271 e. The quantitative estimate of drug-likeness (QED) is 0.517. The lowest BCUT2D eigenvalue weighted by atomic mass is 10.0. The van der Waals surface area contributed by atoms with Gasteiger partial charge in [0, 0.05) is 18.8 Å². The molecule has 0 aliphatic rings. The minimum absolute atomic E-state index is 0.189. The highest BCUT2D eigenvalue weighted by Crippen LogP contribution is 2.34. The Morgan fingerprint density at radius 2 is 2.00 bits per heavy atom. The van der Waals surface area contributed by atoms with Crippen LogP contribution in [0.25, 0.3) is 0 Å². The Morgan fingerprint density at radius 3 is 2.50 bits per heavy atom. The molecule has 0 saturated heterocycles. The summed E-state index contributed by atoms with van der Waals surface area (Å²) in [5.74, 6) is 4.01. The third kappa shape index (κ3) is 2.52. The summed E-state index contributed by atoms with van der Waals surface area (Å²) in [7, 11) is 1.59. The molecule has 8 heteroatoms. The highest BCUT2D eigenvalue weighted by molar-refractivity contribution is 5.34. The van der Waals surface area contributed by atoms with Crippen molar-refractivity contribution in [2.24, 2.45) is 12.9 Å². The largest absolute Gasteiger partial charge is 0.419 e. The Kier molecular flexibility index (Phi) is 3.78. The predicted octanol–water partition coefficient (Wildman–Crippen LogP) is 2.13. The molecule has 0 aliphatic carbocycles. The standard InChI is InChI=1S/C12H12F4N4/c1-20-9(5-6-18-20)11(19-17)7-3-2-4-8(10(7)13)12(14,15)16/h2-6,11,19H,17H2,1H3. The van der Waals surface area contributed by atoms with Crippen molar-refractivity contribution in [2.45, 2.75) is 12.2 Å². The molecule has 2 rings (SSSR count). The average molecular weight is 288 g/mol. The summed E-state index contributed by atoms with van der Waals surface area (Å²) in [6, 6.07) is 3.70. The third-order valence-corrected chi connectivity index (χ3v) is 2.97. The van der Waals surface area contributed by atoms with E-state index in [0.717, 1.165) is 6.07 Å². The van der Waals surface area contributed by atoms with Gasteiger partial charge in [-0.05, 0) is 12.1 Å². The molecule has 0 fully saturated rings.